The van der Waals surface area contributed by atoms with E-state index in [4.69, 9.17) is 5.73 Å². The van der Waals surface area contributed by atoms with Crippen LogP contribution in [0.4, 0.5) is 5.69 Å². The van der Waals surface area contributed by atoms with Gasteiger partial charge in [0, 0.05) is 11.3 Å². The summed E-state index contributed by atoms with van der Waals surface area (Å²) in [5.74, 6) is 0.739. The maximum absolute atomic E-state index is 5.73. The molecular weight excluding hydrogens is 274 g/mol. The Hall–Kier alpha value is -3.21. The van der Waals surface area contributed by atoms with Crippen molar-refractivity contribution in [2.75, 3.05) is 5.73 Å². The minimum absolute atomic E-state index is 0.730. The van der Waals surface area contributed by atoms with Crippen molar-refractivity contribution in [3.8, 4) is 17.1 Å². The Labute approximate surface area is 127 Å². The molecule has 0 saturated heterocycles. The number of nitrogens with zero attached hydrogens (tertiary/aromatic N) is 4. The summed E-state index contributed by atoms with van der Waals surface area (Å²) in [6.07, 6.45) is 5.24. The zero-order chi connectivity index (χ0) is 14.9. The summed E-state index contributed by atoms with van der Waals surface area (Å²) in [6.45, 7) is 0. The average molecular weight is 287 g/mol. The van der Waals surface area contributed by atoms with Crippen molar-refractivity contribution in [1.29, 1.82) is 0 Å². The Morgan fingerprint density at radius 3 is 2.59 bits per heavy atom. The Bertz CT molecular complexity index is 941. The topological polar surface area (TPSA) is 69.6 Å². The lowest BCUT2D eigenvalue weighted by molar-refractivity contribution is 0.999. The number of imidazole rings is 1. The standard InChI is InChI=1S/C17H13N5/c18-13-7-5-12(6-8-13)15-9-19-10-17(21-15)22-11-20-14-3-1-2-4-16(14)22/h1-11H,18H2. The van der Waals surface area contributed by atoms with Gasteiger partial charge in [0.05, 0.1) is 29.1 Å². The fourth-order valence-electron chi connectivity index (χ4n) is 2.41. The van der Waals surface area contributed by atoms with Gasteiger partial charge >= 0.3 is 0 Å². The van der Waals surface area contributed by atoms with Crippen molar-refractivity contribution >= 4 is 16.7 Å². The van der Waals surface area contributed by atoms with E-state index in [0.717, 1.165) is 33.8 Å². The Balaban J connectivity index is 1.83. The van der Waals surface area contributed by atoms with Crippen LogP contribution in [0.15, 0.2) is 67.3 Å². The molecule has 0 aliphatic rings. The minimum atomic E-state index is 0.730. The molecule has 5 nitrogen and oxygen atoms in total. The number of anilines is 1. The third-order valence-corrected chi connectivity index (χ3v) is 3.53. The Kier molecular flexibility index (Phi) is 2.83. The molecule has 5 heteroatoms. The number of para-hydroxylation sites is 2. The van der Waals surface area contributed by atoms with Crippen molar-refractivity contribution in [3.63, 3.8) is 0 Å². The third-order valence-electron chi connectivity index (χ3n) is 3.53. The monoisotopic (exact) mass is 287 g/mol. The molecule has 2 heterocycles. The molecule has 4 aromatic rings. The molecular formula is C17H13N5. The lowest BCUT2D eigenvalue weighted by atomic mass is 10.1. The lowest BCUT2D eigenvalue weighted by Gasteiger charge is -2.06. The fourth-order valence-corrected chi connectivity index (χ4v) is 2.41. The van der Waals surface area contributed by atoms with Crippen LogP contribution in [0.25, 0.3) is 28.1 Å². The van der Waals surface area contributed by atoms with Gasteiger partial charge in [-0.2, -0.15) is 0 Å². The summed E-state index contributed by atoms with van der Waals surface area (Å²) < 4.78 is 1.93. The van der Waals surface area contributed by atoms with Crippen LogP contribution in [-0.4, -0.2) is 19.5 Å². The number of nitrogens with two attached hydrogens (primary N) is 1. The largest absolute Gasteiger partial charge is 0.399 e. The predicted octanol–water partition coefficient (Wildman–Crippen LogP) is 3.06. The highest BCUT2D eigenvalue weighted by atomic mass is 15.1. The van der Waals surface area contributed by atoms with Gasteiger partial charge < -0.3 is 5.73 Å². The molecule has 22 heavy (non-hydrogen) atoms. The molecule has 0 atom stereocenters. The molecule has 0 saturated carbocycles. The summed E-state index contributed by atoms with van der Waals surface area (Å²) in [6, 6.07) is 15.5. The molecule has 2 aromatic carbocycles. The minimum Gasteiger partial charge on any atom is -0.399 e. The van der Waals surface area contributed by atoms with Crippen LogP contribution >= 0.6 is 0 Å². The summed E-state index contributed by atoms with van der Waals surface area (Å²) in [7, 11) is 0. The van der Waals surface area contributed by atoms with Crippen molar-refractivity contribution in [2.24, 2.45) is 0 Å². The molecule has 2 aromatic heterocycles. The number of fused-ring (bicyclic) bond motifs is 1. The summed E-state index contributed by atoms with van der Waals surface area (Å²) >= 11 is 0. The van der Waals surface area contributed by atoms with Crippen LogP contribution in [-0.2, 0) is 0 Å². The highest BCUT2D eigenvalue weighted by Gasteiger charge is 2.07. The summed E-state index contributed by atoms with van der Waals surface area (Å²) in [5, 5.41) is 0. The third kappa shape index (κ3) is 2.09. The van der Waals surface area contributed by atoms with Crippen LogP contribution in [0.3, 0.4) is 0 Å². The molecule has 0 aliphatic carbocycles. The van der Waals surface area contributed by atoms with Crippen LogP contribution in [0.5, 0.6) is 0 Å². The number of rotatable bonds is 2. The summed E-state index contributed by atoms with van der Waals surface area (Å²) in [4.78, 5) is 13.4. The van der Waals surface area contributed by atoms with Crippen LogP contribution in [0.2, 0.25) is 0 Å². The first-order valence-corrected chi connectivity index (χ1v) is 6.92. The molecule has 106 valence electrons. The predicted molar refractivity (Wildman–Crippen MR) is 86.5 cm³/mol. The van der Waals surface area contributed by atoms with E-state index in [-0.39, 0.29) is 0 Å². The van der Waals surface area contributed by atoms with Gasteiger partial charge in [0.1, 0.15) is 6.33 Å². The zero-order valence-electron chi connectivity index (χ0n) is 11.7. The van der Waals surface area contributed by atoms with E-state index >= 15 is 0 Å². The highest BCUT2D eigenvalue weighted by molar-refractivity contribution is 5.76. The van der Waals surface area contributed by atoms with E-state index in [1.807, 2.05) is 53.1 Å². The summed E-state index contributed by atoms with van der Waals surface area (Å²) in [5.41, 5.74) is 10.2. The fraction of sp³-hybridized carbons (Fsp3) is 0. The average Bonchev–Trinajstić information content (AvgIpc) is 3.00. The van der Waals surface area contributed by atoms with E-state index < -0.39 is 0 Å². The van der Waals surface area contributed by atoms with E-state index in [0.29, 0.717) is 0 Å². The molecule has 2 N–H and O–H groups in total. The molecule has 0 bridgehead atoms. The van der Waals surface area contributed by atoms with Crippen molar-refractivity contribution < 1.29 is 0 Å². The van der Waals surface area contributed by atoms with Crippen LogP contribution < -0.4 is 5.73 Å². The van der Waals surface area contributed by atoms with Gasteiger partial charge in [-0.05, 0) is 24.3 Å². The molecule has 0 aliphatic heterocycles. The van der Waals surface area contributed by atoms with Gasteiger partial charge in [0.15, 0.2) is 5.82 Å². The number of hydrogen-bond donors (Lipinski definition) is 1. The van der Waals surface area contributed by atoms with Gasteiger partial charge in [0.2, 0.25) is 0 Å². The van der Waals surface area contributed by atoms with Gasteiger partial charge in [-0.15, -0.1) is 0 Å². The number of benzene rings is 2. The van der Waals surface area contributed by atoms with Gasteiger partial charge in [-0.25, -0.2) is 9.97 Å². The van der Waals surface area contributed by atoms with E-state index in [2.05, 4.69) is 15.0 Å². The zero-order valence-corrected chi connectivity index (χ0v) is 11.7. The Morgan fingerprint density at radius 2 is 1.73 bits per heavy atom. The van der Waals surface area contributed by atoms with Gasteiger partial charge in [0.25, 0.3) is 0 Å². The second kappa shape index (κ2) is 4.96. The molecule has 0 fully saturated rings. The number of hydrogen-bond acceptors (Lipinski definition) is 4. The first-order valence-electron chi connectivity index (χ1n) is 6.92. The first-order chi connectivity index (χ1) is 10.8. The molecule has 0 amide bonds. The van der Waals surface area contributed by atoms with Crippen molar-refractivity contribution in [3.05, 3.63) is 67.3 Å². The molecule has 0 unspecified atom stereocenters. The van der Waals surface area contributed by atoms with E-state index in [1.165, 1.54) is 0 Å². The maximum atomic E-state index is 5.73. The number of nitrogen functional groups attached to an aromatic ring is 1. The smallest absolute Gasteiger partial charge is 0.157 e. The SMILES string of the molecule is Nc1ccc(-c2cncc(-n3cnc4ccccc43)n2)cc1. The second-order valence-electron chi connectivity index (χ2n) is 4.99. The quantitative estimate of drug-likeness (QED) is 0.575. The maximum Gasteiger partial charge on any atom is 0.157 e. The van der Waals surface area contributed by atoms with Gasteiger partial charge in [-0.1, -0.05) is 24.3 Å². The van der Waals surface area contributed by atoms with E-state index in [9.17, 15) is 0 Å². The van der Waals surface area contributed by atoms with Crippen LogP contribution in [0, 0.1) is 0 Å². The first kappa shape index (κ1) is 12.5. The second-order valence-corrected chi connectivity index (χ2v) is 4.99. The molecule has 0 radical (unpaired) electrons. The van der Waals surface area contributed by atoms with E-state index in [1.54, 1.807) is 18.7 Å². The molecule has 0 spiro atoms. The molecule has 4 rings (SSSR count). The van der Waals surface area contributed by atoms with Crippen molar-refractivity contribution in [2.45, 2.75) is 0 Å². The Morgan fingerprint density at radius 1 is 0.909 bits per heavy atom. The number of aromatic nitrogens is 4. The van der Waals surface area contributed by atoms with Gasteiger partial charge in [-0.3, -0.25) is 9.55 Å². The normalized spacial score (nSPS) is 10.9. The lowest BCUT2D eigenvalue weighted by Crippen LogP contribution is -1.98. The van der Waals surface area contributed by atoms with Crippen LogP contribution in [0.1, 0.15) is 0 Å². The highest BCUT2D eigenvalue weighted by Crippen LogP contribution is 2.21. The van der Waals surface area contributed by atoms with Crippen molar-refractivity contribution in [1.82, 2.24) is 19.5 Å².